The van der Waals surface area contributed by atoms with Crippen LogP contribution in [0.4, 0.5) is 5.69 Å². The number of unbranched alkanes of at least 4 members (excludes halogenated alkanes) is 1. The van der Waals surface area contributed by atoms with Crippen LogP contribution in [0.25, 0.3) is 0 Å². The van der Waals surface area contributed by atoms with E-state index in [2.05, 4.69) is 30.7 Å². The zero-order chi connectivity index (χ0) is 12.7. The van der Waals surface area contributed by atoms with Gasteiger partial charge >= 0.3 is 0 Å². The maximum Gasteiger partial charge on any atom is 0.0787 e. The normalized spacial score (nSPS) is 12.2. The van der Waals surface area contributed by atoms with Gasteiger partial charge in [0.25, 0.3) is 0 Å². The lowest BCUT2D eigenvalue weighted by atomic mass is 10.1. The van der Waals surface area contributed by atoms with Gasteiger partial charge in [0.1, 0.15) is 0 Å². The molecule has 2 nitrogen and oxygen atoms in total. The minimum Gasteiger partial charge on any atom is -0.388 e. The van der Waals surface area contributed by atoms with Gasteiger partial charge in [0.2, 0.25) is 0 Å². The van der Waals surface area contributed by atoms with Crippen molar-refractivity contribution in [3.8, 4) is 0 Å². The van der Waals surface area contributed by atoms with E-state index in [1.165, 1.54) is 5.69 Å². The quantitative estimate of drug-likeness (QED) is 0.575. The Kier molecular flexibility index (Phi) is 5.78. The number of benzene rings is 1. The molecule has 1 atom stereocenters. The molecule has 0 aliphatic heterocycles. The number of hydrogen-bond donors (Lipinski definition) is 1. The molecule has 1 aromatic carbocycles. The molecule has 0 aromatic heterocycles. The lowest BCUT2D eigenvalue weighted by Gasteiger charge is -2.19. The van der Waals surface area contributed by atoms with E-state index in [9.17, 15) is 5.11 Å². The highest BCUT2D eigenvalue weighted by atomic mass is 16.3. The van der Waals surface area contributed by atoms with E-state index >= 15 is 0 Å². The second-order valence-electron chi connectivity index (χ2n) is 4.37. The molecule has 0 heterocycles. The van der Waals surface area contributed by atoms with Gasteiger partial charge in [-0.3, -0.25) is 0 Å². The third kappa shape index (κ3) is 4.23. The van der Waals surface area contributed by atoms with Crippen molar-refractivity contribution in [2.75, 3.05) is 18.5 Å². The van der Waals surface area contributed by atoms with Crippen molar-refractivity contribution in [3.05, 3.63) is 42.5 Å². The van der Waals surface area contributed by atoms with E-state index in [1.807, 2.05) is 25.1 Å². The summed E-state index contributed by atoms with van der Waals surface area (Å²) in [6.45, 7) is 6.74. The molecule has 0 saturated carbocycles. The van der Waals surface area contributed by atoms with Gasteiger partial charge in [0.15, 0.2) is 0 Å². The van der Waals surface area contributed by atoms with Crippen LogP contribution in [-0.2, 0) is 0 Å². The molecule has 1 rings (SSSR count). The zero-order valence-electron chi connectivity index (χ0n) is 10.9. The number of allylic oxidation sites excluding steroid dienone is 1. The average molecular weight is 233 g/mol. The van der Waals surface area contributed by atoms with E-state index in [-0.39, 0.29) is 6.10 Å². The van der Waals surface area contributed by atoms with Crippen LogP contribution in [0.3, 0.4) is 0 Å². The Labute approximate surface area is 105 Å². The maximum absolute atomic E-state index is 9.71. The van der Waals surface area contributed by atoms with Crippen LogP contribution in [0.1, 0.15) is 37.9 Å². The van der Waals surface area contributed by atoms with Gasteiger partial charge in [-0.25, -0.2) is 0 Å². The van der Waals surface area contributed by atoms with Crippen molar-refractivity contribution in [2.24, 2.45) is 0 Å². The Morgan fingerprint density at radius 2 is 2.00 bits per heavy atom. The highest BCUT2D eigenvalue weighted by Crippen LogP contribution is 2.20. The number of rotatable bonds is 7. The molecule has 0 fully saturated rings. The SMILES string of the molecule is C=CCCCN(C)c1ccc(C(O)CC)cc1. The van der Waals surface area contributed by atoms with Crippen LogP contribution < -0.4 is 4.90 Å². The standard InChI is InChI=1S/C15H23NO/c1-4-6-7-12-16(3)14-10-8-13(9-11-14)15(17)5-2/h4,8-11,15,17H,1,5-7,12H2,2-3H3. The van der Waals surface area contributed by atoms with Gasteiger partial charge in [-0.15, -0.1) is 6.58 Å². The molecule has 0 amide bonds. The molecule has 1 aromatic rings. The predicted octanol–water partition coefficient (Wildman–Crippen LogP) is 3.53. The van der Waals surface area contributed by atoms with Crippen molar-refractivity contribution in [1.29, 1.82) is 0 Å². The lowest BCUT2D eigenvalue weighted by Crippen LogP contribution is -2.18. The summed E-state index contributed by atoms with van der Waals surface area (Å²) in [5.41, 5.74) is 2.19. The topological polar surface area (TPSA) is 23.5 Å². The minimum absolute atomic E-state index is 0.338. The lowest BCUT2D eigenvalue weighted by molar-refractivity contribution is 0.173. The smallest absolute Gasteiger partial charge is 0.0787 e. The Morgan fingerprint density at radius 3 is 2.53 bits per heavy atom. The second kappa shape index (κ2) is 7.13. The zero-order valence-corrected chi connectivity index (χ0v) is 10.9. The van der Waals surface area contributed by atoms with E-state index in [0.29, 0.717) is 0 Å². The Hall–Kier alpha value is -1.28. The summed E-state index contributed by atoms with van der Waals surface area (Å²) in [5.74, 6) is 0. The van der Waals surface area contributed by atoms with Crippen molar-refractivity contribution in [3.63, 3.8) is 0 Å². The van der Waals surface area contributed by atoms with Crippen LogP contribution in [0.15, 0.2) is 36.9 Å². The molecule has 1 N–H and O–H groups in total. The second-order valence-corrected chi connectivity index (χ2v) is 4.37. The molecule has 0 spiro atoms. The first-order valence-corrected chi connectivity index (χ1v) is 6.29. The predicted molar refractivity (Wildman–Crippen MR) is 74.4 cm³/mol. The average Bonchev–Trinajstić information content (AvgIpc) is 2.38. The summed E-state index contributed by atoms with van der Waals surface area (Å²) in [6.07, 6.45) is 4.55. The third-order valence-corrected chi connectivity index (χ3v) is 3.01. The fraction of sp³-hybridized carbons (Fsp3) is 0.467. The molecule has 0 bridgehead atoms. The first-order valence-electron chi connectivity index (χ1n) is 6.29. The number of aliphatic hydroxyl groups is 1. The van der Waals surface area contributed by atoms with Gasteiger partial charge in [-0.1, -0.05) is 25.1 Å². The highest BCUT2D eigenvalue weighted by molar-refractivity contribution is 5.47. The molecule has 0 aliphatic rings. The van der Waals surface area contributed by atoms with Crippen molar-refractivity contribution >= 4 is 5.69 Å². The van der Waals surface area contributed by atoms with E-state index in [4.69, 9.17) is 0 Å². The van der Waals surface area contributed by atoms with Gasteiger partial charge < -0.3 is 10.0 Å². The van der Waals surface area contributed by atoms with Crippen molar-refractivity contribution in [1.82, 2.24) is 0 Å². The van der Waals surface area contributed by atoms with Gasteiger partial charge in [-0.2, -0.15) is 0 Å². The van der Waals surface area contributed by atoms with E-state index in [1.54, 1.807) is 0 Å². The number of nitrogens with zero attached hydrogens (tertiary/aromatic N) is 1. The Balaban J connectivity index is 2.57. The number of hydrogen-bond acceptors (Lipinski definition) is 2. The van der Waals surface area contributed by atoms with Crippen molar-refractivity contribution < 1.29 is 5.11 Å². The molecular formula is C15H23NO. The van der Waals surface area contributed by atoms with Gasteiger partial charge in [0.05, 0.1) is 6.10 Å². The Bertz CT molecular complexity index is 331. The summed E-state index contributed by atoms with van der Waals surface area (Å²) in [5, 5.41) is 9.71. The highest BCUT2D eigenvalue weighted by Gasteiger charge is 2.05. The van der Waals surface area contributed by atoms with Crippen LogP contribution in [0.2, 0.25) is 0 Å². The summed E-state index contributed by atoms with van der Waals surface area (Å²) in [7, 11) is 2.09. The molecule has 94 valence electrons. The number of anilines is 1. The summed E-state index contributed by atoms with van der Waals surface area (Å²) >= 11 is 0. The number of aliphatic hydroxyl groups excluding tert-OH is 1. The van der Waals surface area contributed by atoms with Gasteiger partial charge in [0, 0.05) is 19.3 Å². The molecule has 17 heavy (non-hydrogen) atoms. The third-order valence-electron chi connectivity index (χ3n) is 3.01. The fourth-order valence-electron chi connectivity index (χ4n) is 1.79. The van der Waals surface area contributed by atoms with E-state index in [0.717, 1.165) is 31.4 Å². The fourth-order valence-corrected chi connectivity index (χ4v) is 1.79. The molecule has 0 saturated heterocycles. The first kappa shape index (κ1) is 13.8. The summed E-state index contributed by atoms with van der Waals surface area (Å²) < 4.78 is 0. The van der Waals surface area contributed by atoms with Crippen LogP contribution in [0.5, 0.6) is 0 Å². The molecule has 0 radical (unpaired) electrons. The molecule has 1 unspecified atom stereocenters. The molecule has 2 heteroatoms. The van der Waals surface area contributed by atoms with Crippen LogP contribution in [-0.4, -0.2) is 18.7 Å². The molecule has 0 aliphatic carbocycles. The van der Waals surface area contributed by atoms with Crippen LogP contribution in [0, 0.1) is 0 Å². The largest absolute Gasteiger partial charge is 0.388 e. The molecular weight excluding hydrogens is 210 g/mol. The van der Waals surface area contributed by atoms with Crippen molar-refractivity contribution in [2.45, 2.75) is 32.3 Å². The van der Waals surface area contributed by atoms with Gasteiger partial charge in [-0.05, 0) is 37.0 Å². The Morgan fingerprint density at radius 1 is 1.35 bits per heavy atom. The minimum atomic E-state index is -0.338. The summed E-state index contributed by atoms with van der Waals surface area (Å²) in [6, 6.07) is 8.16. The first-order chi connectivity index (χ1) is 8.19. The maximum atomic E-state index is 9.71. The summed E-state index contributed by atoms with van der Waals surface area (Å²) in [4.78, 5) is 2.23. The van der Waals surface area contributed by atoms with Crippen LogP contribution >= 0.6 is 0 Å². The van der Waals surface area contributed by atoms with E-state index < -0.39 is 0 Å². The monoisotopic (exact) mass is 233 g/mol.